The first-order valence-electron chi connectivity index (χ1n) is 6.07. The van der Waals surface area contributed by atoms with Crippen LogP contribution in [0.4, 0.5) is 5.69 Å². The van der Waals surface area contributed by atoms with Gasteiger partial charge in [0.15, 0.2) is 0 Å². The first kappa shape index (κ1) is 13.4. The molecular weight excluding hydrogens is 214 g/mol. The Morgan fingerprint density at radius 3 is 2.62 bits per heavy atom. The Kier molecular flexibility index (Phi) is 6.39. The third-order valence-corrected chi connectivity index (χ3v) is 3.37. The van der Waals surface area contributed by atoms with E-state index in [1.807, 2.05) is 11.8 Å². The van der Waals surface area contributed by atoms with Crippen molar-refractivity contribution >= 4 is 17.4 Å². The summed E-state index contributed by atoms with van der Waals surface area (Å²) >= 11 is 1.93. The molecule has 0 amide bonds. The molecule has 0 heterocycles. The molecule has 1 rings (SSSR count). The molecule has 0 radical (unpaired) electrons. The van der Waals surface area contributed by atoms with Crippen LogP contribution in [0, 0.1) is 0 Å². The number of nitrogens with one attached hydrogen (secondary N) is 1. The normalized spacial score (nSPS) is 10.8. The van der Waals surface area contributed by atoms with E-state index in [1.54, 1.807) is 0 Å². The number of anilines is 1. The smallest absolute Gasteiger partial charge is 0.0375 e. The lowest BCUT2D eigenvalue weighted by molar-refractivity contribution is 0.830. The van der Waals surface area contributed by atoms with Crippen molar-refractivity contribution in [1.82, 2.24) is 0 Å². The van der Waals surface area contributed by atoms with Crippen LogP contribution in [0.3, 0.4) is 0 Å². The molecule has 0 fully saturated rings. The van der Waals surface area contributed by atoms with Crippen LogP contribution in [0.1, 0.15) is 38.2 Å². The summed E-state index contributed by atoms with van der Waals surface area (Å²) in [6.45, 7) is 5.58. The second-order valence-electron chi connectivity index (χ2n) is 4.37. The van der Waals surface area contributed by atoms with Gasteiger partial charge in [0.05, 0.1) is 0 Å². The Labute approximate surface area is 104 Å². The molecule has 0 aliphatic rings. The molecule has 0 aromatic heterocycles. The highest BCUT2D eigenvalue weighted by atomic mass is 32.2. The van der Waals surface area contributed by atoms with E-state index in [2.05, 4.69) is 49.7 Å². The van der Waals surface area contributed by atoms with Crippen molar-refractivity contribution in [3.05, 3.63) is 29.8 Å². The van der Waals surface area contributed by atoms with Crippen LogP contribution in [0.5, 0.6) is 0 Å². The molecule has 1 aromatic carbocycles. The fourth-order valence-electron chi connectivity index (χ4n) is 1.76. The maximum absolute atomic E-state index is 3.54. The van der Waals surface area contributed by atoms with Crippen molar-refractivity contribution in [2.45, 2.75) is 32.6 Å². The van der Waals surface area contributed by atoms with Gasteiger partial charge in [0, 0.05) is 12.2 Å². The number of hydrogen-bond acceptors (Lipinski definition) is 2. The standard InChI is InChI=1S/C14H23NS/c1-12(2)13-8-4-5-9-14(13)15-10-6-7-11-16-3/h4-5,8-9,12,15H,6-7,10-11H2,1-3H3. The first-order chi connectivity index (χ1) is 7.75. The number of thioether (sulfide) groups is 1. The zero-order valence-electron chi connectivity index (χ0n) is 10.6. The minimum absolute atomic E-state index is 0.592. The van der Waals surface area contributed by atoms with E-state index in [9.17, 15) is 0 Å². The molecule has 0 atom stereocenters. The third-order valence-electron chi connectivity index (χ3n) is 2.67. The van der Waals surface area contributed by atoms with Gasteiger partial charge >= 0.3 is 0 Å². The summed E-state index contributed by atoms with van der Waals surface area (Å²) in [5.41, 5.74) is 2.73. The molecule has 0 spiro atoms. The Hall–Kier alpha value is -0.630. The van der Waals surface area contributed by atoms with Crippen LogP contribution in [0.15, 0.2) is 24.3 Å². The maximum Gasteiger partial charge on any atom is 0.0375 e. The molecule has 2 heteroatoms. The summed E-state index contributed by atoms with van der Waals surface area (Å²) in [6, 6.07) is 8.63. The van der Waals surface area contributed by atoms with Crippen LogP contribution < -0.4 is 5.32 Å². The molecule has 1 N–H and O–H groups in total. The number of benzene rings is 1. The molecule has 0 saturated heterocycles. The summed E-state index contributed by atoms with van der Waals surface area (Å²) < 4.78 is 0. The van der Waals surface area contributed by atoms with Gasteiger partial charge in [-0.1, -0.05) is 32.0 Å². The Balaban J connectivity index is 2.41. The predicted molar refractivity (Wildman–Crippen MR) is 76.6 cm³/mol. The van der Waals surface area contributed by atoms with Crippen LogP contribution in [-0.4, -0.2) is 18.6 Å². The van der Waals surface area contributed by atoms with Crippen molar-refractivity contribution in [1.29, 1.82) is 0 Å². The zero-order valence-corrected chi connectivity index (χ0v) is 11.4. The van der Waals surface area contributed by atoms with Gasteiger partial charge in [0.2, 0.25) is 0 Å². The van der Waals surface area contributed by atoms with Crippen molar-refractivity contribution in [3.8, 4) is 0 Å². The minimum atomic E-state index is 0.592. The lowest BCUT2D eigenvalue weighted by Gasteiger charge is -2.14. The SMILES string of the molecule is CSCCCCNc1ccccc1C(C)C. The molecule has 0 bridgehead atoms. The maximum atomic E-state index is 3.54. The Morgan fingerprint density at radius 2 is 1.94 bits per heavy atom. The lowest BCUT2D eigenvalue weighted by atomic mass is 10.0. The van der Waals surface area contributed by atoms with E-state index in [1.165, 1.54) is 29.8 Å². The quantitative estimate of drug-likeness (QED) is 0.707. The Bertz CT molecular complexity index is 297. The van der Waals surface area contributed by atoms with E-state index >= 15 is 0 Å². The number of hydrogen-bond donors (Lipinski definition) is 1. The van der Waals surface area contributed by atoms with Gasteiger partial charge in [-0.05, 0) is 42.4 Å². The first-order valence-corrected chi connectivity index (χ1v) is 7.47. The minimum Gasteiger partial charge on any atom is -0.385 e. The fourth-order valence-corrected chi connectivity index (χ4v) is 2.25. The monoisotopic (exact) mass is 237 g/mol. The molecule has 0 unspecified atom stereocenters. The molecular formula is C14H23NS. The lowest BCUT2D eigenvalue weighted by Crippen LogP contribution is -2.05. The molecule has 1 nitrogen and oxygen atoms in total. The van der Waals surface area contributed by atoms with Crippen molar-refractivity contribution in [2.24, 2.45) is 0 Å². The Morgan fingerprint density at radius 1 is 1.19 bits per heavy atom. The van der Waals surface area contributed by atoms with E-state index in [0.717, 1.165) is 6.54 Å². The summed E-state index contributed by atoms with van der Waals surface area (Å²) in [5, 5.41) is 3.54. The second-order valence-corrected chi connectivity index (χ2v) is 5.35. The van der Waals surface area contributed by atoms with Crippen LogP contribution in [0.25, 0.3) is 0 Å². The van der Waals surface area contributed by atoms with E-state index in [4.69, 9.17) is 0 Å². The largest absolute Gasteiger partial charge is 0.385 e. The predicted octanol–water partition coefficient (Wildman–Crippen LogP) is 4.37. The van der Waals surface area contributed by atoms with E-state index in [0.29, 0.717) is 5.92 Å². The average Bonchev–Trinajstić information content (AvgIpc) is 2.29. The second kappa shape index (κ2) is 7.61. The summed E-state index contributed by atoms with van der Waals surface area (Å²) in [4.78, 5) is 0. The van der Waals surface area contributed by atoms with Gasteiger partial charge in [0.25, 0.3) is 0 Å². The molecule has 0 aliphatic heterocycles. The van der Waals surface area contributed by atoms with Crippen LogP contribution >= 0.6 is 11.8 Å². The average molecular weight is 237 g/mol. The van der Waals surface area contributed by atoms with Gasteiger partial charge in [-0.3, -0.25) is 0 Å². The van der Waals surface area contributed by atoms with Crippen molar-refractivity contribution in [2.75, 3.05) is 23.9 Å². The van der Waals surface area contributed by atoms with Gasteiger partial charge < -0.3 is 5.32 Å². The van der Waals surface area contributed by atoms with E-state index < -0.39 is 0 Å². The van der Waals surface area contributed by atoms with Gasteiger partial charge in [0.1, 0.15) is 0 Å². The molecule has 1 aromatic rings. The van der Waals surface area contributed by atoms with Crippen LogP contribution in [-0.2, 0) is 0 Å². The van der Waals surface area contributed by atoms with Crippen molar-refractivity contribution in [3.63, 3.8) is 0 Å². The molecule has 0 aliphatic carbocycles. The number of para-hydroxylation sites is 1. The summed E-state index contributed by atoms with van der Waals surface area (Å²) in [7, 11) is 0. The van der Waals surface area contributed by atoms with Crippen molar-refractivity contribution < 1.29 is 0 Å². The van der Waals surface area contributed by atoms with Gasteiger partial charge in [-0.15, -0.1) is 0 Å². The molecule has 90 valence electrons. The third kappa shape index (κ3) is 4.48. The number of rotatable bonds is 7. The molecule has 0 saturated carbocycles. The summed E-state index contributed by atoms with van der Waals surface area (Å²) in [5.74, 6) is 1.86. The van der Waals surface area contributed by atoms with E-state index in [-0.39, 0.29) is 0 Å². The summed E-state index contributed by atoms with van der Waals surface area (Å²) in [6.07, 6.45) is 4.73. The van der Waals surface area contributed by atoms with Gasteiger partial charge in [-0.25, -0.2) is 0 Å². The fraction of sp³-hybridized carbons (Fsp3) is 0.571. The number of unbranched alkanes of at least 4 members (excludes halogenated alkanes) is 1. The highest BCUT2D eigenvalue weighted by Crippen LogP contribution is 2.23. The van der Waals surface area contributed by atoms with Gasteiger partial charge in [-0.2, -0.15) is 11.8 Å². The zero-order chi connectivity index (χ0) is 11.8. The van der Waals surface area contributed by atoms with Crippen LogP contribution in [0.2, 0.25) is 0 Å². The highest BCUT2D eigenvalue weighted by molar-refractivity contribution is 7.98. The highest BCUT2D eigenvalue weighted by Gasteiger charge is 2.04. The molecule has 16 heavy (non-hydrogen) atoms. The topological polar surface area (TPSA) is 12.0 Å².